The number of aromatic carboxylic acids is 1. The second kappa shape index (κ2) is 8.34. The first-order valence-electron chi connectivity index (χ1n) is 10.00. The summed E-state index contributed by atoms with van der Waals surface area (Å²) in [5.41, 5.74) is 1.46. The number of anilines is 1. The highest BCUT2D eigenvalue weighted by molar-refractivity contribution is 7.22. The number of rotatable bonds is 5. The van der Waals surface area contributed by atoms with E-state index in [1.165, 1.54) is 29.2 Å². The molecule has 0 aliphatic carbocycles. The van der Waals surface area contributed by atoms with Crippen molar-refractivity contribution in [1.82, 2.24) is 4.98 Å². The van der Waals surface area contributed by atoms with Crippen molar-refractivity contribution in [2.45, 2.75) is 0 Å². The summed E-state index contributed by atoms with van der Waals surface area (Å²) in [5.74, 6) is -1.22. The number of hydrogen-bond acceptors (Lipinski definition) is 7. The maximum Gasteiger partial charge on any atom is 0.335 e. The number of hydrogen-bond donors (Lipinski definition) is 1. The molecule has 0 saturated carbocycles. The van der Waals surface area contributed by atoms with Gasteiger partial charge in [0, 0.05) is 11.6 Å². The lowest BCUT2D eigenvalue weighted by molar-refractivity contribution is -0.385. The van der Waals surface area contributed by atoms with Gasteiger partial charge in [0.25, 0.3) is 11.6 Å². The summed E-state index contributed by atoms with van der Waals surface area (Å²) in [6.45, 7) is 0. The SMILES string of the molecule is O=C(O)c1ccc2nc(N3C(=O)/C(=C/c4ccccc4[N+](=O)[O-])N=C3c3ccccc3)sc2c1. The number of benzene rings is 3. The van der Waals surface area contributed by atoms with Crippen molar-refractivity contribution in [3.63, 3.8) is 0 Å². The van der Waals surface area contributed by atoms with Crippen molar-refractivity contribution in [2.75, 3.05) is 4.90 Å². The summed E-state index contributed by atoms with van der Waals surface area (Å²) in [6.07, 6.45) is 1.39. The van der Waals surface area contributed by atoms with E-state index in [1.807, 2.05) is 18.2 Å². The predicted molar refractivity (Wildman–Crippen MR) is 128 cm³/mol. The van der Waals surface area contributed by atoms with Gasteiger partial charge in [-0.25, -0.2) is 19.7 Å². The minimum absolute atomic E-state index is 0.0265. The molecule has 34 heavy (non-hydrogen) atoms. The molecule has 1 aliphatic heterocycles. The van der Waals surface area contributed by atoms with Crippen LogP contribution in [0.25, 0.3) is 16.3 Å². The molecule has 9 nitrogen and oxygen atoms in total. The first-order valence-corrected chi connectivity index (χ1v) is 10.8. The largest absolute Gasteiger partial charge is 0.478 e. The van der Waals surface area contributed by atoms with Crippen LogP contribution in [-0.4, -0.2) is 32.7 Å². The molecule has 0 spiro atoms. The van der Waals surface area contributed by atoms with Gasteiger partial charge in [-0.2, -0.15) is 0 Å². The number of aromatic nitrogens is 1. The van der Waals surface area contributed by atoms with Crippen LogP contribution in [0.1, 0.15) is 21.5 Å². The van der Waals surface area contributed by atoms with Crippen molar-refractivity contribution in [3.05, 3.63) is 105 Å². The highest BCUT2D eigenvalue weighted by Gasteiger charge is 2.35. The zero-order chi connectivity index (χ0) is 23.8. The van der Waals surface area contributed by atoms with E-state index in [0.717, 1.165) is 11.3 Å². The number of nitro benzene ring substituents is 1. The molecule has 0 bridgehead atoms. The second-order valence-corrected chi connectivity index (χ2v) is 8.28. The van der Waals surface area contributed by atoms with Crippen LogP contribution in [0.15, 0.2) is 83.5 Å². The fourth-order valence-electron chi connectivity index (χ4n) is 3.54. The Labute approximate surface area is 196 Å². The van der Waals surface area contributed by atoms with Gasteiger partial charge in [-0.15, -0.1) is 0 Å². The maximum atomic E-state index is 13.5. The third kappa shape index (κ3) is 3.71. The van der Waals surface area contributed by atoms with Crippen molar-refractivity contribution in [1.29, 1.82) is 0 Å². The van der Waals surface area contributed by atoms with Gasteiger partial charge >= 0.3 is 5.97 Å². The summed E-state index contributed by atoms with van der Waals surface area (Å²) in [7, 11) is 0. The van der Waals surface area contributed by atoms with Crippen LogP contribution in [0.5, 0.6) is 0 Å². The van der Waals surface area contributed by atoms with E-state index in [9.17, 15) is 24.8 Å². The van der Waals surface area contributed by atoms with Crippen LogP contribution < -0.4 is 4.90 Å². The quantitative estimate of drug-likeness (QED) is 0.255. The Morgan fingerprint density at radius 3 is 2.53 bits per heavy atom. The minimum atomic E-state index is -1.06. The van der Waals surface area contributed by atoms with Crippen LogP contribution in [-0.2, 0) is 4.79 Å². The number of carboxylic acid groups (broad SMARTS) is 1. The van der Waals surface area contributed by atoms with Gasteiger partial charge < -0.3 is 5.11 Å². The molecule has 10 heteroatoms. The van der Waals surface area contributed by atoms with Crippen LogP contribution in [0.4, 0.5) is 10.8 Å². The molecule has 4 aromatic rings. The molecular formula is C24H14N4O5S. The van der Waals surface area contributed by atoms with Crippen molar-refractivity contribution in [3.8, 4) is 0 Å². The molecule has 166 valence electrons. The van der Waals surface area contributed by atoms with Crippen LogP contribution >= 0.6 is 11.3 Å². The number of amidine groups is 1. The zero-order valence-electron chi connectivity index (χ0n) is 17.3. The number of aliphatic imine (C=N–C) groups is 1. The highest BCUT2D eigenvalue weighted by Crippen LogP contribution is 2.35. The standard InChI is InChI=1S/C24H14N4O5S/c29-22-18(12-15-8-4-5-9-19(15)28(32)33)25-21(14-6-2-1-3-7-14)27(22)24-26-17-11-10-16(23(30)31)13-20(17)34-24/h1-13H,(H,30,31)/b18-12-. The average molecular weight is 470 g/mol. The second-order valence-electron chi connectivity index (χ2n) is 7.27. The van der Waals surface area contributed by atoms with Gasteiger partial charge in [0.2, 0.25) is 0 Å². The number of carbonyl (C=O) groups excluding carboxylic acids is 1. The molecule has 1 aromatic heterocycles. The summed E-state index contributed by atoms with van der Waals surface area (Å²) >= 11 is 1.16. The monoisotopic (exact) mass is 470 g/mol. The summed E-state index contributed by atoms with van der Waals surface area (Å²) in [6, 6.07) is 19.7. The van der Waals surface area contributed by atoms with Gasteiger partial charge in [-0.05, 0) is 30.3 Å². The summed E-state index contributed by atoms with van der Waals surface area (Å²) in [4.78, 5) is 46.1. The molecule has 1 amide bonds. The smallest absolute Gasteiger partial charge is 0.335 e. The molecular weight excluding hydrogens is 456 g/mol. The molecule has 0 radical (unpaired) electrons. The van der Waals surface area contributed by atoms with Crippen molar-refractivity contribution < 1.29 is 19.6 Å². The minimum Gasteiger partial charge on any atom is -0.478 e. The number of amides is 1. The Kier molecular flexibility index (Phi) is 5.19. The fraction of sp³-hybridized carbons (Fsp3) is 0. The zero-order valence-corrected chi connectivity index (χ0v) is 18.1. The molecule has 0 atom stereocenters. The van der Waals surface area contributed by atoms with E-state index in [2.05, 4.69) is 9.98 Å². The lowest BCUT2D eigenvalue weighted by Gasteiger charge is -2.14. The number of carboxylic acids is 1. The first-order chi connectivity index (χ1) is 16.4. The third-order valence-corrected chi connectivity index (χ3v) is 6.14. The lowest BCUT2D eigenvalue weighted by atomic mass is 10.1. The van der Waals surface area contributed by atoms with E-state index in [1.54, 1.807) is 36.4 Å². The normalized spacial score (nSPS) is 14.6. The topological polar surface area (TPSA) is 126 Å². The average Bonchev–Trinajstić information content (AvgIpc) is 3.40. The highest BCUT2D eigenvalue weighted by atomic mass is 32.1. The van der Waals surface area contributed by atoms with Gasteiger partial charge in [-0.1, -0.05) is 53.8 Å². The predicted octanol–water partition coefficient (Wildman–Crippen LogP) is 4.74. The summed E-state index contributed by atoms with van der Waals surface area (Å²) in [5, 5.41) is 21.0. The molecule has 1 aliphatic rings. The van der Waals surface area contributed by atoms with Crippen LogP contribution in [0, 0.1) is 10.1 Å². The Morgan fingerprint density at radius 1 is 1.06 bits per heavy atom. The van der Waals surface area contributed by atoms with E-state index < -0.39 is 16.8 Å². The molecule has 0 fully saturated rings. The van der Waals surface area contributed by atoms with Crippen LogP contribution in [0.3, 0.4) is 0 Å². The van der Waals surface area contributed by atoms with Gasteiger partial charge in [0.05, 0.1) is 26.3 Å². The number of nitrogens with zero attached hydrogens (tertiary/aromatic N) is 4. The fourth-order valence-corrected chi connectivity index (χ4v) is 4.54. The molecule has 0 unspecified atom stereocenters. The maximum absolute atomic E-state index is 13.5. The number of thiazole rings is 1. The Balaban J connectivity index is 1.65. The van der Waals surface area contributed by atoms with E-state index in [0.29, 0.717) is 26.7 Å². The lowest BCUT2D eigenvalue weighted by Crippen LogP contribution is -2.32. The van der Waals surface area contributed by atoms with Crippen molar-refractivity contribution in [2.24, 2.45) is 4.99 Å². The molecule has 2 heterocycles. The van der Waals surface area contributed by atoms with Crippen molar-refractivity contribution >= 4 is 56.2 Å². The molecule has 5 rings (SSSR count). The third-order valence-electron chi connectivity index (χ3n) is 5.13. The Bertz CT molecular complexity index is 1540. The number of fused-ring (bicyclic) bond motifs is 1. The number of nitro groups is 1. The van der Waals surface area contributed by atoms with Crippen LogP contribution in [0.2, 0.25) is 0 Å². The summed E-state index contributed by atoms with van der Waals surface area (Å²) < 4.78 is 0.603. The van der Waals surface area contributed by atoms with E-state index >= 15 is 0 Å². The van der Waals surface area contributed by atoms with Gasteiger partial charge in [0.15, 0.2) is 5.13 Å². The Morgan fingerprint density at radius 2 is 1.79 bits per heavy atom. The van der Waals surface area contributed by atoms with Gasteiger partial charge in [0.1, 0.15) is 11.5 Å². The van der Waals surface area contributed by atoms with E-state index in [-0.39, 0.29) is 22.5 Å². The molecule has 0 saturated heterocycles. The number of para-hydroxylation sites is 1. The van der Waals surface area contributed by atoms with E-state index in [4.69, 9.17) is 0 Å². The number of carbonyl (C=O) groups is 2. The first kappa shape index (κ1) is 21.2. The molecule has 3 aromatic carbocycles. The van der Waals surface area contributed by atoms with Gasteiger partial charge in [-0.3, -0.25) is 14.9 Å². The molecule has 1 N–H and O–H groups in total. The Hall–Kier alpha value is -4.70.